The van der Waals surface area contributed by atoms with Gasteiger partial charge in [-0.3, -0.25) is 0 Å². The van der Waals surface area contributed by atoms with E-state index in [2.05, 4.69) is 24.4 Å². The highest BCUT2D eigenvalue weighted by Crippen LogP contribution is 2.24. The van der Waals surface area contributed by atoms with Crippen molar-refractivity contribution < 1.29 is 10.2 Å². The minimum atomic E-state index is -0.330. The summed E-state index contributed by atoms with van der Waals surface area (Å²) in [7, 11) is 0. The summed E-state index contributed by atoms with van der Waals surface area (Å²) in [6.07, 6.45) is 0.366. The molecule has 0 bridgehead atoms. The monoisotopic (exact) mass is 285 g/mol. The maximum Gasteiger partial charge on any atom is 0.115 e. The van der Waals surface area contributed by atoms with E-state index in [9.17, 15) is 10.2 Å². The second kappa shape index (κ2) is 7.25. The Hall–Kier alpha value is -1.84. The Kier molecular flexibility index (Phi) is 5.37. The van der Waals surface area contributed by atoms with Gasteiger partial charge in [-0.1, -0.05) is 42.5 Å². The van der Waals surface area contributed by atoms with Gasteiger partial charge in [-0.05, 0) is 43.5 Å². The van der Waals surface area contributed by atoms with E-state index in [4.69, 9.17) is 0 Å². The second-order valence-corrected chi connectivity index (χ2v) is 5.59. The molecule has 2 aromatic carbocycles. The lowest BCUT2D eigenvalue weighted by Crippen LogP contribution is -2.33. The third kappa shape index (κ3) is 4.59. The molecule has 0 heterocycles. The Morgan fingerprint density at radius 2 is 1.48 bits per heavy atom. The molecule has 0 fully saturated rings. The lowest BCUT2D eigenvalue weighted by Gasteiger charge is -2.25. The molecule has 3 nitrogen and oxygen atoms in total. The summed E-state index contributed by atoms with van der Waals surface area (Å²) in [5.74, 6) is 0.266. The van der Waals surface area contributed by atoms with Crippen molar-refractivity contribution in [2.75, 3.05) is 0 Å². The van der Waals surface area contributed by atoms with Gasteiger partial charge in [-0.25, -0.2) is 0 Å². The molecular weight excluding hydrogens is 262 g/mol. The zero-order valence-electron chi connectivity index (χ0n) is 12.5. The first-order valence-corrected chi connectivity index (χ1v) is 7.34. The van der Waals surface area contributed by atoms with Crippen LogP contribution < -0.4 is 5.32 Å². The van der Waals surface area contributed by atoms with E-state index in [1.165, 1.54) is 5.56 Å². The van der Waals surface area contributed by atoms with Crippen LogP contribution in [0.15, 0.2) is 54.6 Å². The van der Waals surface area contributed by atoms with E-state index in [1.807, 2.05) is 30.3 Å². The molecule has 0 amide bonds. The number of aliphatic hydroxyl groups is 1. The van der Waals surface area contributed by atoms with Gasteiger partial charge in [0.25, 0.3) is 0 Å². The molecule has 2 rings (SSSR count). The van der Waals surface area contributed by atoms with Gasteiger partial charge in [-0.2, -0.15) is 0 Å². The molecule has 0 aliphatic heterocycles. The highest BCUT2D eigenvalue weighted by atomic mass is 16.3. The first-order valence-electron chi connectivity index (χ1n) is 7.34. The van der Waals surface area contributed by atoms with Crippen molar-refractivity contribution in [1.29, 1.82) is 0 Å². The van der Waals surface area contributed by atoms with Crippen molar-refractivity contribution >= 4 is 0 Å². The van der Waals surface area contributed by atoms with Crippen LogP contribution >= 0.6 is 0 Å². The van der Waals surface area contributed by atoms with Crippen molar-refractivity contribution in [2.45, 2.75) is 38.5 Å². The average Bonchev–Trinajstić information content (AvgIpc) is 2.46. The second-order valence-electron chi connectivity index (χ2n) is 5.59. The predicted octanol–water partition coefficient (Wildman–Crippen LogP) is 3.23. The summed E-state index contributed by atoms with van der Waals surface area (Å²) < 4.78 is 0. The molecule has 3 atom stereocenters. The number of aromatic hydroxyl groups is 1. The number of phenols is 1. The van der Waals surface area contributed by atoms with Crippen LogP contribution in [-0.4, -0.2) is 22.4 Å². The molecule has 0 aliphatic carbocycles. The Labute approximate surface area is 126 Å². The van der Waals surface area contributed by atoms with Gasteiger partial charge in [0.15, 0.2) is 0 Å². The Morgan fingerprint density at radius 3 is 2.05 bits per heavy atom. The fourth-order valence-corrected chi connectivity index (χ4v) is 2.56. The lowest BCUT2D eigenvalue weighted by molar-refractivity contribution is 0.169. The lowest BCUT2D eigenvalue weighted by atomic mass is 9.97. The minimum Gasteiger partial charge on any atom is -0.508 e. The SMILES string of the molecule is CC(O)CC(C)NC(c1ccccc1)c1ccc(O)cc1. The predicted molar refractivity (Wildman–Crippen MR) is 85.3 cm³/mol. The fourth-order valence-electron chi connectivity index (χ4n) is 2.56. The highest BCUT2D eigenvalue weighted by Gasteiger charge is 2.17. The normalized spacial score (nSPS) is 15.4. The molecule has 0 saturated heterocycles. The number of aliphatic hydroxyl groups excluding tert-OH is 1. The molecule has 0 saturated carbocycles. The largest absolute Gasteiger partial charge is 0.508 e. The van der Waals surface area contributed by atoms with E-state index in [1.54, 1.807) is 19.1 Å². The molecule has 0 aliphatic rings. The Balaban J connectivity index is 2.24. The zero-order chi connectivity index (χ0) is 15.2. The summed E-state index contributed by atoms with van der Waals surface area (Å²) in [4.78, 5) is 0. The summed E-state index contributed by atoms with van der Waals surface area (Å²) in [5.41, 5.74) is 2.26. The van der Waals surface area contributed by atoms with Gasteiger partial charge in [0.2, 0.25) is 0 Å². The van der Waals surface area contributed by atoms with E-state index >= 15 is 0 Å². The maximum absolute atomic E-state index is 9.54. The average molecular weight is 285 g/mol. The number of rotatable bonds is 6. The van der Waals surface area contributed by atoms with Crippen LogP contribution in [-0.2, 0) is 0 Å². The third-order valence-electron chi connectivity index (χ3n) is 3.51. The first kappa shape index (κ1) is 15.5. The van der Waals surface area contributed by atoms with Crippen LogP contribution in [0.3, 0.4) is 0 Å². The van der Waals surface area contributed by atoms with E-state index < -0.39 is 0 Å². The molecule has 0 radical (unpaired) electrons. The molecule has 3 heteroatoms. The maximum atomic E-state index is 9.54. The van der Waals surface area contributed by atoms with Gasteiger partial charge < -0.3 is 15.5 Å². The van der Waals surface area contributed by atoms with E-state index in [-0.39, 0.29) is 23.9 Å². The van der Waals surface area contributed by atoms with Crippen molar-refractivity contribution in [3.8, 4) is 5.75 Å². The molecular formula is C18H23NO2. The number of hydrogen-bond donors (Lipinski definition) is 3. The van der Waals surface area contributed by atoms with Crippen LogP contribution in [0, 0.1) is 0 Å². The highest BCUT2D eigenvalue weighted by molar-refractivity contribution is 5.35. The number of benzene rings is 2. The summed E-state index contributed by atoms with van der Waals surface area (Å²) in [6.45, 7) is 3.87. The topological polar surface area (TPSA) is 52.5 Å². The van der Waals surface area contributed by atoms with Crippen LogP contribution in [0.4, 0.5) is 0 Å². The molecule has 0 spiro atoms. The van der Waals surface area contributed by atoms with Crippen LogP contribution in [0.25, 0.3) is 0 Å². The van der Waals surface area contributed by atoms with Crippen molar-refractivity contribution in [2.24, 2.45) is 0 Å². The smallest absolute Gasteiger partial charge is 0.115 e. The number of nitrogens with one attached hydrogen (secondary N) is 1. The van der Waals surface area contributed by atoms with Crippen molar-refractivity contribution in [3.63, 3.8) is 0 Å². The molecule has 3 N–H and O–H groups in total. The van der Waals surface area contributed by atoms with Crippen molar-refractivity contribution in [3.05, 3.63) is 65.7 Å². The van der Waals surface area contributed by atoms with Gasteiger partial charge >= 0.3 is 0 Å². The summed E-state index contributed by atoms with van der Waals surface area (Å²) in [5, 5.41) is 22.6. The van der Waals surface area contributed by atoms with Crippen LogP contribution in [0.5, 0.6) is 5.75 Å². The summed E-state index contributed by atoms with van der Waals surface area (Å²) >= 11 is 0. The van der Waals surface area contributed by atoms with Gasteiger partial charge in [0.05, 0.1) is 12.1 Å². The van der Waals surface area contributed by atoms with Crippen LogP contribution in [0.2, 0.25) is 0 Å². The Morgan fingerprint density at radius 1 is 0.905 bits per heavy atom. The molecule has 21 heavy (non-hydrogen) atoms. The van der Waals surface area contributed by atoms with Gasteiger partial charge in [-0.15, -0.1) is 0 Å². The van der Waals surface area contributed by atoms with Crippen molar-refractivity contribution in [1.82, 2.24) is 5.32 Å². The zero-order valence-corrected chi connectivity index (χ0v) is 12.5. The molecule has 2 aromatic rings. The van der Waals surface area contributed by atoms with E-state index in [0.29, 0.717) is 6.42 Å². The quantitative estimate of drug-likeness (QED) is 0.764. The van der Waals surface area contributed by atoms with Crippen LogP contribution in [0.1, 0.15) is 37.4 Å². The molecule has 112 valence electrons. The van der Waals surface area contributed by atoms with Gasteiger partial charge in [0, 0.05) is 6.04 Å². The summed E-state index contributed by atoms with van der Waals surface area (Å²) in [6, 6.07) is 17.7. The minimum absolute atomic E-state index is 0.0422. The fraction of sp³-hybridized carbons (Fsp3) is 0.333. The van der Waals surface area contributed by atoms with E-state index in [0.717, 1.165) is 5.56 Å². The number of hydrogen-bond acceptors (Lipinski definition) is 3. The Bertz CT molecular complexity index is 537. The molecule has 0 aromatic heterocycles. The van der Waals surface area contributed by atoms with Gasteiger partial charge in [0.1, 0.15) is 5.75 Å². The molecule has 3 unspecified atom stereocenters. The standard InChI is InChI=1S/C18H23NO2/c1-13(12-14(2)20)19-18(15-6-4-3-5-7-15)16-8-10-17(21)11-9-16/h3-11,13-14,18-21H,12H2,1-2H3. The first-order chi connectivity index (χ1) is 10.1. The number of phenolic OH excluding ortho intramolecular Hbond substituents is 1. The third-order valence-corrected chi connectivity index (χ3v) is 3.51.